The van der Waals surface area contributed by atoms with Crippen LogP contribution in [0.15, 0.2) is 70.9 Å². The lowest BCUT2D eigenvalue weighted by atomic mass is 10.1. The van der Waals surface area contributed by atoms with Crippen LogP contribution in [0.4, 0.5) is 0 Å². The van der Waals surface area contributed by atoms with Crippen molar-refractivity contribution in [3.8, 4) is 17.2 Å². The highest BCUT2D eigenvalue weighted by atomic mass is 79.9. The van der Waals surface area contributed by atoms with Crippen LogP contribution in [-0.2, 0) is 0 Å². The average Bonchev–Trinajstić information content (AvgIpc) is 3.10. The summed E-state index contributed by atoms with van der Waals surface area (Å²) in [6, 6.07) is 17.8. The Bertz CT molecular complexity index is 1200. The number of Topliss-reactive ketones (excluding diaryl/α,β-unsaturated/α-hetero) is 2. The molecule has 1 heterocycles. The average molecular weight is 479 g/mol. The molecule has 0 bridgehead atoms. The third kappa shape index (κ3) is 4.25. The molecule has 0 aromatic heterocycles. The van der Waals surface area contributed by atoms with Crippen LogP contribution in [0.3, 0.4) is 0 Å². The van der Waals surface area contributed by atoms with Gasteiger partial charge in [0.05, 0.1) is 12.7 Å². The SMILES string of the molecule is COc1ccccc1/C=C1\Oc2c(ccc(OCC(=O)c3ccc(Br)cc3)c2C)C1=O. The van der Waals surface area contributed by atoms with Crippen LogP contribution in [0.5, 0.6) is 17.2 Å². The van der Waals surface area contributed by atoms with Crippen LogP contribution in [0.1, 0.15) is 31.8 Å². The minimum absolute atomic E-state index is 0.112. The fourth-order valence-electron chi connectivity index (χ4n) is 3.31. The van der Waals surface area contributed by atoms with E-state index in [4.69, 9.17) is 14.2 Å². The van der Waals surface area contributed by atoms with Gasteiger partial charge < -0.3 is 14.2 Å². The van der Waals surface area contributed by atoms with E-state index in [9.17, 15) is 9.59 Å². The molecule has 5 nitrogen and oxygen atoms in total. The highest BCUT2D eigenvalue weighted by Gasteiger charge is 2.30. The smallest absolute Gasteiger partial charge is 0.231 e. The Kier molecular flexibility index (Phi) is 5.91. The zero-order chi connectivity index (χ0) is 22.0. The molecule has 0 saturated heterocycles. The number of rotatable bonds is 6. The van der Waals surface area contributed by atoms with E-state index in [0.717, 1.165) is 10.0 Å². The predicted octanol–water partition coefficient (Wildman–Crippen LogP) is 5.64. The van der Waals surface area contributed by atoms with E-state index in [1.54, 1.807) is 44.4 Å². The molecule has 4 rings (SSSR count). The minimum Gasteiger partial charge on any atom is -0.496 e. The molecule has 0 atom stereocenters. The number of hydrogen-bond donors (Lipinski definition) is 0. The Balaban J connectivity index is 1.54. The topological polar surface area (TPSA) is 61.8 Å². The van der Waals surface area contributed by atoms with Crippen molar-refractivity contribution in [2.75, 3.05) is 13.7 Å². The molecule has 3 aromatic carbocycles. The Morgan fingerprint density at radius 2 is 1.77 bits per heavy atom. The highest BCUT2D eigenvalue weighted by Crippen LogP contribution is 2.39. The molecule has 0 spiro atoms. The third-order valence-corrected chi connectivity index (χ3v) is 5.52. The van der Waals surface area contributed by atoms with Crippen molar-refractivity contribution < 1.29 is 23.8 Å². The summed E-state index contributed by atoms with van der Waals surface area (Å²) >= 11 is 3.35. The second-order valence-electron chi connectivity index (χ2n) is 6.97. The molecule has 0 aliphatic carbocycles. The summed E-state index contributed by atoms with van der Waals surface area (Å²) in [7, 11) is 1.58. The maximum absolute atomic E-state index is 12.8. The Morgan fingerprint density at radius 1 is 1.03 bits per heavy atom. The van der Waals surface area contributed by atoms with Gasteiger partial charge in [-0.05, 0) is 43.3 Å². The Morgan fingerprint density at radius 3 is 2.52 bits per heavy atom. The maximum Gasteiger partial charge on any atom is 0.231 e. The van der Waals surface area contributed by atoms with Crippen molar-refractivity contribution in [3.63, 3.8) is 0 Å². The molecule has 156 valence electrons. The number of carbonyl (C=O) groups is 2. The van der Waals surface area contributed by atoms with Crippen molar-refractivity contribution >= 4 is 33.6 Å². The number of hydrogen-bond acceptors (Lipinski definition) is 5. The van der Waals surface area contributed by atoms with Gasteiger partial charge in [0.2, 0.25) is 5.78 Å². The first kappa shape index (κ1) is 20.9. The van der Waals surface area contributed by atoms with E-state index >= 15 is 0 Å². The number of para-hydroxylation sites is 1. The molecule has 1 aliphatic heterocycles. The van der Waals surface area contributed by atoms with E-state index in [-0.39, 0.29) is 23.9 Å². The number of ketones is 2. The molecule has 0 unspecified atom stereocenters. The number of benzene rings is 3. The zero-order valence-corrected chi connectivity index (χ0v) is 18.6. The maximum atomic E-state index is 12.8. The molecule has 6 heteroatoms. The van der Waals surface area contributed by atoms with Gasteiger partial charge in [-0.1, -0.05) is 46.3 Å². The molecule has 3 aromatic rings. The van der Waals surface area contributed by atoms with E-state index in [2.05, 4.69) is 15.9 Å². The van der Waals surface area contributed by atoms with Gasteiger partial charge in [0.15, 0.2) is 18.1 Å². The Hall–Kier alpha value is -3.38. The quantitative estimate of drug-likeness (QED) is 0.338. The number of allylic oxidation sites excluding steroid dienone is 1. The van der Waals surface area contributed by atoms with Gasteiger partial charge in [-0.2, -0.15) is 0 Å². The van der Waals surface area contributed by atoms with Crippen LogP contribution in [0, 0.1) is 6.92 Å². The van der Waals surface area contributed by atoms with Crippen LogP contribution in [0.2, 0.25) is 0 Å². The molecular weight excluding hydrogens is 460 g/mol. The van der Waals surface area contributed by atoms with Crippen molar-refractivity contribution in [1.29, 1.82) is 0 Å². The van der Waals surface area contributed by atoms with E-state index in [1.807, 2.05) is 36.4 Å². The number of halogens is 1. The van der Waals surface area contributed by atoms with Crippen LogP contribution < -0.4 is 14.2 Å². The molecular formula is C25H19BrO5. The molecule has 0 saturated carbocycles. The van der Waals surface area contributed by atoms with Crippen LogP contribution in [-0.4, -0.2) is 25.3 Å². The number of carbonyl (C=O) groups excluding carboxylic acids is 2. The van der Waals surface area contributed by atoms with Gasteiger partial charge in [-0.25, -0.2) is 0 Å². The van der Waals surface area contributed by atoms with Gasteiger partial charge in [-0.15, -0.1) is 0 Å². The van der Waals surface area contributed by atoms with Crippen LogP contribution >= 0.6 is 15.9 Å². The first-order valence-electron chi connectivity index (χ1n) is 9.60. The summed E-state index contributed by atoms with van der Waals surface area (Å²) in [5.41, 5.74) is 2.44. The van der Waals surface area contributed by atoms with Crippen molar-refractivity contribution in [2.24, 2.45) is 0 Å². The lowest BCUT2D eigenvalue weighted by Crippen LogP contribution is -2.12. The first-order chi connectivity index (χ1) is 15.0. The summed E-state index contributed by atoms with van der Waals surface area (Å²) in [5, 5.41) is 0. The van der Waals surface area contributed by atoms with Gasteiger partial charge in [0, 0.05) is 21.2 Å². The van der Waals surface area contributed by atoms with Gasteiger partial charge in [-0.3, -0.25) is 9.59 Å². The lowest BCUT2D eigenvalue weighted by molar-refractivity contribution is 0.0920. The largest absolute Gasteiger partial charge is 0.496 e. The molecule has 1 aliphatic rings. The van der Waals surface area contributed by atoms with Gasteiger partial charge in [0.25, 0.3) is 0 Å². The number of fused-ring (bicyclic) bond motifs is 1. The molecule has 0 radical (unpaired) electrons. The fraction of sp³-hybridized carbons (Fsp3) is 0.120. The van der Waals surface area contributed by atoms with Crippen molar-refractivity contribution in [1.82, 2.24) is 0 Å². The molecule has 0 fully saturated rings. The van der Waals surface area contributed by atoms with Crippen LogP contribution in [0.25, 0.3) is 6.08 Å². The zero-order valence-electron chi connectivity index (χ0n) is 17.0. The summed E-state index contributed by atoms with van der Waals surface area (Å²) in [5.74, 6) is 1.46. The minimum atomic E-state index is -0.207. The van der Waals surface area contributed by atoms with Gasteiger partial charge in [0.1, 0.15) is 17.2 Å². The fourth-order valence-corrected chi connectivity index (χ4v) is 3.58. The molecule has 0 N–H and O–H groups in total. The highest BCUT2D eigenvalue weighted by molar-refractivity contribution is 9.10. The second-order valence-corrected chi connectivity index (χ2v) is 7.88. The lowest BCUT2D eigenvalue weighted by Gasteiger charge is -2.11. The normalized spacial score (nSPS) is 13.6. The molecule has 31 heavy (non-hydrogen) atoms. The first-order valence-corrected chi connectivity index (χ1v) is 10.4. The monoisotopic (exact) mass is 478 g/mol. The number of methoxy groups -OCH3 is 1. The van der Waals surface area contributed by atoms with Crippen molar-refractivity contribution in [2.45, 2.75) is 6.92 Å². The van der Waals surface area contributed by atoms with E-state index in [1.165, 1.54) is 0 Å². The molecule has 0 amide bonds. The predicted molar refractivity (Wildman–Crippen MR) is 121 cm³/mol. The number of ether oxygens (including phenoxy) is 3. The third-order valence-electron chi connectivity index (χ3n) is 4.99. The van der Waals surface area contributed by atoms with Crippen molar-refractivity contribution in [3.05, 3.63) is 93.1 Å². The van der Waals surface area contributed by atoms with E-state index < -0.39 is 0 Å². The summed E-state index contributed by atoms with van der Waals surface area (Å²) in [6.45, 7) is 1.69. The summed E-state index contributed by atoms with van der Waals surface area (Å²) in [6.07, 6.45) is 1.66. The Labute approximate surface area is 188 Å². The summed E-state index contributed by atoms with van der Waals surface area (Å²) < 4.78 is 17.9. The summed E-state index contributed by atoms with van der Waals surface area (Å²) in [4.78, 5) is 25.2. The standard InChI is InChI=1S/C25H19BrO5/c1-15-21(30-14-20(27)16-7-9-18(26)10-8-16)12-11-19-24(28)23(31-25(15)19)13-17-5-3-4-6-22(17)29-2/h3-13H,14H2,1-2H3/b23-13-. The van der Waals surface area contributed by atoms with E-state index in [0.29, 0.717) is 33.9 Å². The van der Waals surface area contributed by atoms with Gasteiger partial charge >= 0.3 is 0 Å². The second kappa shape index (κ2) is 8.78.